The molecule has 2 aromatic rings. The zero-order valence-electron chi connectivity index (χ0n) is 10.8. The van der Waals surface area contributed by atoms with E-state index in [2.05, 4.69) is 15.6 Å². The lowest BCUT2D eigenvalue weighted by molar-refractivity contribution is -0.120. The number of carbonyl (C=O) groups is 1. The highest BCUT2D eigenvalue weighted by Gasteiger charge is 2.21. The second-order valence-electron chi connectivity index (χ2n) is 4.55. The normalized spacial score (nSPS) is 18.3. The van der Waals surface area contributed by atoms with Gasteiger partial charge in [0.2, 0.25) is 5.91 Å². The van der Waals surface area contributed by atoms with Gasteiger partial charge in [-0.15, -0.1) is 35.1 Å². The monoisotopic (exact) mass is 329 g/mol. The molecule has 1 saturated heterocycles. The zero-order valence-corrected chi connectivity index (χ0v) is 13.2. The Morgan fingerprint density at radius 2 is 2.35 bits per heavy atom. The molecule has 0 saturated carbocycles. The van der Waals surface area contributed by atoms with Crippen LogP contribution in [-0.4, -0.2) is 24.0 Å². The number of rotatable bonds is 3. The lowest BCUT2D eigenvalue weighted by Crippen LogP contribution is -2.37. The van der Waals surface area contributed by atoms with E-state index in [1.165, 1.54) is 11.3 Å². The van der Waals surface area contributed by atoms with Gasteiger partial charge in [-0.05, 0) is 30.8 Å². The van der Waals surface area contributed by atoms with Crippen molar-refractivity contribution in [2.75, 3.05) is 18.4 Å². The molecule has 1 amide bonds. The Balaban J connectivity index is 0.00000147. The molecule has 1 fully saturated rings. The first-order valence-electron chi connectivity index (χ1n) is 6.34. The molecule has 1 aliphatic heterocycles. The summed E-state index contributed by atoms with van der Waals surface area (Å²) in [6.45, 7) is 1.79. The fraction of sp³-hybridized carbons (Fsp3) is 0.385. The topological polar surface area (TPSA) is 54.0 Å². The summed E-state index contributed by atoms with van der Waals surface area (Å²) < 4.78 is 0. The fourth-order valence-corrected chi connectivity index (χ4v) is 3.63. The highest BCUT2D eigenvalue weighted by molar-refractivity contribution is 7.16. The van der Waals surface area contributed by atoms with Crippen LogP contribution in [0.1, 0.15) is 12.8 Å². The molecule has 0 spiro atoms. The number of nitrogens with one attached hydrogen (secondary N) is 2. The number of thiazole rings is 1. The molecule has 1 unspecified atom stereocenters. The van der Waals surface area contributed by atoms with Crippen molar-refractivity contribution in [2.45, 2.75) is 12.8 Å². The number of hydrogen-bond acceptors (Lipinski definition) is 5. The number of anilines is 1. The molecule has 2 aromatic heterocycles. The van der Waals surface area contributed by atoms with Crippen LogP contribution in [0.2, 0.25) is 0 Å². The third-order valence-electron chi connectivity index (χ3n) is 3.18. The van der Waals surface area contributed by atoms with Gasteiger partial charge in [0, 0.05) is 11.9 Å². The smallest absolute Gasteiger partial charge is 0.230 e. The van der Waals surface area contributed by atoms with Gasteiger partial charge < -0.3 is 10.6 Å². The van der Waals surface area contributed by atoms with Crippen LogP contribution < -0.4 is 10.6 Å². The van der Waals surface area contributed by atoms with Crippen molar-refractivity contribution in [3.05, 3.63) is 22.9 Å². The van der Waals surface area contributed by atoms with E-state index < -0.39 is 0 Å². The Labute approximate surface area is 132 Å². The Morgan fingerprint density at radius 1 is 1.45 bits per heavy atom. The molecule has 4 nitrogen and oxygen atoms in total. The molecule has 1 aliphatic rings. The summed E-state index contributed by atoms with van der Waals surface area (Å²) in [4.78, 5) is 17.7. The average Bonchev–Trinajstić information content (AvgIpc) is 3.10. The number of halogens is 1. The van der Waals surface area contributed by atoms with Crippen molar-refractivity contribution in [2.24, 2.45) is 5.92 Å². The van der Waals surface area contributed by atoms with Crippen LogP contribution in [0.4, 0.5) is 5.13 Å². The van der Waals surface area contributed by atoms with E-state index in [1.807, 2.05) is 22.9 Å². The minimum absolute atomic E-state index is 0. The van der Waals surface area contributed by atoms with Gasteiger partial charge in [-0.25, -0.2) is 4.98 Å². The van der Waals surface area contributed by atoms with Gasteiger partial charge in [0.15, 0.2) is 5.13 Å². The lowest BCUT2D eigenvalue weighted by Gasteiger charge is -2.21. The van der Waals surface area contributed by atoms with Gasteiger partial charge in [-0.2, -0.15) is 0 Å². The first-order valence-corrected chi connectivity index (χ1v) is 8.10. The average molecular weight is 330 g/mol. The largest absolute Gasteiger partial charge is 0.316 e. The molecular weight excluding hydrogens is 314 g/mol. The predicted octanol–water partition coefficient (Wildman–Crippen LogP) is 3.23. The Morgan fingerprint density at radius 3 is 3.05 bits per heavy atom. The number of thiophene rings is 1. The maximum absolute atomic E-state index is 12.1. The highest BCUT2D eigenvalue weighted by Crippen LogP contribution is 2.28. The van der Waals surface area contributed by atoms with Crippen LogP contribution in [0.3, 0.4) is 0 Å². The Kier molecular flexibility index (Phi) is 5.54. The van der Waals surface area contributed by atoms with Crippen molar-refractivity contribution in [3.8, 4) is 10.6 Å². The van der Waals surface area contributed by atoms with Gasteiger partial charge in [-0.1, -0.05) is 6.07 Å². The van der Waals surface area contributed by atoms with Gasteiger partial charge in [-0.3, -0.25) is 4.79 Å². The van der Waals surface area contributed by atoms with Gasteiger partial charge in [0.25, 0.3) is 0 Å². The lowest BCUT2D eigenvalue weighted by atomic mass is 9.99. The summed E-state index contributed by atoms with van der Waals surface area (Å²) in [6, 6.07) is 4.04. The molecule has 3 heterocycles. The highest BCUT2D eigenvalue weighted by atomic mass is 35.5. The number of aromatic nitrogens is 1. The van der Waals surface area contributed by atoms with Crippen molar-refractivity contribution in [3.63, 3.8) is 0 Å². The van der Waals surface area contributed by atoms with Crippen LogP contribution in [0.25, 0.3) is 10.6 Å². The van der Waals surface area contributed by atoms with Crippen molar-refractivity contribution >= 4 is 46.1 Å². The number of amides is 1. The molecule has 0 radical (unpaired) electrons. The van der Waals surface area contributed by atoms with Gasteiger partial charge in [0.1, 0.15) is 0 Å². The minimum Gasteiger partial charge on any atom is -0.316 e. The molecule has 7 heteroatoms. The summed E-state index contributed by atoms with van der Waals surface area (Å²) >= 11 is 3.14. The maximum Gasteiger partial charge on any atom is 0.230 e. The van der Waals surface area contributed by atoms with Crippen LogP contribution >= 0.6 is 35.1 Å². The van der Waals surface area contributed by atoms with E-state index in [-0.39, 0.29) is 24.2 Å². The first kappa shape index (κ1) is 15.4. The third-order valence-corrected chi connectivity index (χ3v) is 4.83. The molecule has 0 bridgehead atoms. The number of piperidine rings is 1. The SMILES string of the molecule is Cl.O=C(Nc1nc(-c2cccs2)cs1)C1CCCNC1. The maximum atomic E-state index is 12.1. The van der Waals surface area contributed by atoms with Crippen LogP contribution in [0, 0.1) is 5.92 Å². The molecule has 108 valence electrons. The number of hydrogen-bond donors (Lipinski definition) is 2. The molecule has 3 rings (SSSR count). The van der Waals surface area contributed by atoms with E-state index in [9.17, 15) is 4.79 Å². The van der Waals surface area contributed by atoms with E-state index in [1.54, 1.807) is 11.3 Å². The summed E-state index contributed by atoms with van der Waals surface area (Å²) in [6.07, 6.45) is 2.03. The summed E-state index contributed by atoms with van der Waals surface area (Å²) in [7, 11) is 0. The van der Waals surface area contributed by atoms with E-state index in [0.717, 1.165) is 36.5 Å². The Hall–Kier alpha value is -0.950. The first-order chi connectivity index (χ1) is 9.33. The van der Waals surface area contributed by atoms with Crippen molar-refractivity contribution < 1.29 is 4.79 Å². The van der Waals surface area contributed by atoms with E-state index in [0.29, 0.717) is 5.13 Å². The fourth-order valence-electron chi connectivity index (χ4n) is 2.15. The van der Waals surface area contributed by atoms with Crippen LogP contribution in [-0.2, 0) is 4.79 Å². The number of carbonyl (C=O) groups excluding carboxylic acids is 1. The second-order valence-corrected chi connectivity index (χ2v) is 6.35. The van der Waals surface area contributed by atoms with Gasteiger partial charge in [0.05, 0.1) is 16.5 Å². The minimum atomic E-state index is 0. The summed E-state index contributed by atoms with van der Waals surface area (Å²) in [5.74, 6) is 0.155. The van der Waals surface area contributed by atoms with Crippen molar-refractivity contribution in [1.29, 1.82) is 0 Å². The van der Waals surface area contributed by atoms with E-state index >= 15 is 0 Å². The molecule has 2 N–H and O–H groups in total. The van der Waals surface area contributed by atoms with E-state index in [4.69, 9.17) is 0 Å². The number of nitrogens with zero attached hydrogens (tertiary/aromatic N) is 1. The summed E-state index contributed by atoms with van der Waals surface area (Å²) in [5, 5.41) is 10.9. The van der Waals surface area contributed by atoms with Gasteiger partial charge >= 0.3 is 0 Å². The molecule has 1 atom stereocenters. The molecule has 0 aliphatic carbocycles. The van der Waals surface area contributed by atoms with Crippen LogP contribution in [0.5, 0.6) is 0 Å². The zero-order chi connectivity index (χ0) is 13.1. The van der Waals surface area contributed by atoms with Crippen LogP contribution in [0.15, 0.2) is 22.9 Å². The van der Waals surface area contributed by atoms with Crippen molar-refractivity contribution in [1.82, 2.24) is 10.3 Å². The molecular formula is C13H16ClN3OS2. The molecule has 0 aromatic carbocycles. The quantitative estimate of drug-likeness (QED) is 0.909. The second kappa shape index (κ2) is 7.17. The summed E-state index contributed by atoms with van der Waals surface area (Å²) in [5.41, 5.74) is 0.942. The predicted molar refractivity (Wildman–Crippen MR) is 86.9 cm³/mol. The Bertz CT molecular complexity index is 550. The molecule has 20 heavy (non-hydrogen) atoms. The standard InChI is InChI=1S/C13H15N3OS2.ClH/c17-12(9-3-1-5-14-7-9)16-13-15-10(8-19-13)11-4-2-6-18-11;/h2,4,6,8-9,14H,1,3,5,7H2,(H,15,16,17);1H. The third kappa shape index (κ3) is 3.58.